The second kappa shape index (κ2) is 7.73. The molecule has 1 saturated heterocycles. The number of rotatable bonds is 4. The summed E-state index contributed by atoms with van der Waals surface area (Å²) in [5.74, 6) is 1.08. The number of hydrogen-bond donors (Lipinski definition) is 3. The molecule has 0 atom stereocenters. The molecule has 3 aromatic rings. The first-order valence-corrected chi connectivity index (χ1v) is 9.63. The van der Waals surface area contributed by atoms with Crippen molar-refractivity contribution in [1.29, 1.82) is 0 Å². The van der Waals surface area contributed by atoms with Gasteiger partial charge < -0.3 is 15.5 Å². The number of aromatic amines is 1. The first-order chi connectivity index (χ1) is 13.5. The molecule has 4 rings (SSSR count). The lowest BCUT2D eigenvalue weighted by Crippen LogP contribution is -2.44. The van der Waals surface area contributed by atoms with Gasteiger partial charge in [-0.3, -0.25) is 9.89 Å². The number of aromatic nitrogens is 4. The van der Waals surface area contributed by atoms with Gasteiger partial charge in [0.25, 0.3) is 5.91 Å². The predicted molar refractivity (Wildman–Crippen MR) is 109 cm³/mol. The van der Waals surface area contributed by atoms with Crippen LogP contribution in [0.25, 0.3) is 10.9 Å². The minimum Gasteiger partial charge on any atom is -0.336 e. The highest BCUT2D eigenvalue weighted by Gasteiger charge is 2.25. The van der Waals surface area contributed by atoms with E-state index in [1.165, 1.54) is 0 Å². The Balaban J connectivity index is 1.72. The number of benzene rings is 1. The summed E-state index contributed by atoms with van der Waals surface area (Å²) in [7, 11) is 1.82. The van der Waals surface area contributed by atoms with Crippen molar-refractivity contribution in [3.05, 3.63) is 40.8 Å². The Morgan fingerprint density at radius 1 is 1.25 bits per heavy atom. The van der Waals surface area contributed by atoms with E-state index in [4.69, 9.17) is 11.6 Å². The average Bonchev–Trinajstić information content (AvgIpc) is 3.12. The second-order valence-corrected chi connectivity index (χ2v) is 7.45. The highest BCUT2D eigenvalue weighted by atomic mass is 35.5. The number of nitrogens with one attached hydrogen (secondary N) is 3. The molecular weight excluding hydrogens is 378 g/mol. The highest BCUT2D eigenvalue weighted by Crippen LogP contribution is 2.27. The summed E-state index contributed by atoms with van der Waals surface area (Å²) >= 11 is 6.17. The van der Waals surface area contributed by atoms with Gasteiger partial charge >= 0.3 is 0 Å². The van der Waals surface area contributed by atoms with Gasteiger partial charge in [0, 0.05) is 35.3 Å². The fourth-order valence-electron chi connectivity index (χ4n) is 3.41. The molecule has 9 heteroatoms. The number of halogens is 1. The molecule has 1 aliphatic rings. The fourth-order valence-corrected chi connectivity index (χ4v) is 3.58. The number of hydrogen-bond acceptors (Lipinski definition) is 6. The van der Waals surface area contributed by atoms with E-state index in [0.717, 1.165) is 37.0 Å². The molecule has 3 heterocycles. The largest absolute Gasteiger partial charge is 0.336 e. The van der Waals surface area contributed by atoms with Crippen LogP contribution in [0.15, 0.2) is 24.3 Å². The Morgan fingerprint density at radius 2 is 2.04 bits per heavy atom. The maximum atomic E-state index is 13.1. The van der Waals surface area contributed by atoms with Crippen molar-refractivity contribution >= 4 is 40.0 Å². The number of H-pyrrole nitrogens is 1. The van der Waals surface area contributed by atoms with Crippen LogP contribution in [0.4, 0.5) is 11.6 Å². The fraction of sp³-hybridized carbons (Fsp3) is 0.368. The standard InChI is InChI=1S/C19H22ClN7O/c1-11-9-16(26-25-11)23-17-14-10-12(20)3-4-15(14)22-18(24-17)19(28)27(2)13-5-7-21-8-6-13/h3-4,9-10,13,21H,5-8H2,1-2H3,(H2,22,23,24,25,26). The lowest BCUT2D eigenvalue weighted by atomic mass is 10.1. The van der Waals surface area contributed by atoms with Gasteiger partial charge in [-0.1, -0.05) is 11.6 Å². The quantitative estimate of drug-likeness (QED) is 0.624. The van der Waals surface area contributed by atoms with Crippen LogP contribution in [-0.2, 0) is 0 Å². The minimum atomic E-state index is -0.190. The predicted octanol–water partition coefficient (Wildman–Crippen LogP) is 2.88. The van der Waals surface area contributed by atoms with E-state index in [-0.39, 0.29) is 17.8 Å². The smallest absolute Gasteiger partial charge is 0.291 e. The van der Waals surface area contributed by atoms with Crippen LogP contribution < -0.4 is 10.6 Å². The van der Waals surface area contributed by atoms with E-state index in [9.17, 15) is 4.79 Å². The van der Waals surface area contributed by atoms with Crippen LogP contribution in [0.1, 0.15) is 29.2 Å². The molecule has 3 N–H and O–H groups in total. The van der Waals surface area contributed by atoms with Crippen LogP contribution >= 0.6 is 11.6 Å². The Bertz CT molecular complexity index is 1010. The molecule has 1 aliphatic heterocycles. The van der Waals surface area contributed by atoms with E-state index in [0.29, 0.717) is 22.2 Å². The number of piperidine rings is 1. The molecular formula is C19H22ClN7O. The number of carbonyl (C=O) groups excluding carboxylic acids is 1. The molecule has 146 valence electrons. The van der Waals surface area contributed by atoms with Crippen LogP contribution in [0.3, 0.4) is 0 Å². The van der Waals surface area contributed by atoms with E-state index < -0.39 is 0 Å². The van der Waals surface area contributed by atoms with Crippen LogP contribution in [0, 0.1) is 6.92 Å². The van der Waals surface area contributed by atoms with Crippen molar-refractivity contribution in [2.75, 3.05) is 25.5 Å². The van der Waals surface area contributed by atoms with Gasteiger partial charge in [-0.2, -0.15) is 5.10 Å². The molecule has 2 aromatic heterocycles. The topological polar surface area (TPSA) is 98.8 Å². The third-order valence-electron chi connectivity index (χ3n) is 4.98. The van der Waals surface area contributed by atoms with Gasteiger partial charge in [0.05, 0.1) is 5.52 Å². The van der Waals surface area contributed by atoms with Crippen molar-refractivity contribution in [3.8, 4) is 0 Å². The van der Waals surface area contributed by atoms with E-state index >= 15 is 0 Å². The van der Waals surface area contributed by atoms with Gasteiger partial charge in [-0.25, -0.2) is 9.97 Å². The van der Waals surface area contributed by atoms with Crippen molar-refractivity contribution in [2.24, 2.45) is 0 Å². The Morgan fingerprint density at radius 3 is 2.75 bits per heavy atom. The molecule has 0 radical (unpaired) electrons. The van der Waals surface area contributed by atoms with E-state index in [1.807, 2.05) is 20.0 Å². The number of amides is 1. The SMILES string of the molecule is Cc1cc(Nc2nc(C(=O)N(C)C3CCNCC3)nc3ccc(Cl)cc23)n[nH]1. The summed E-state index contributed by atoms with van der Waals surface area (Å²) in [5, 5.41) is 14.9. The van der Waals surface area contributed by atoms with Gasteiger partial charge in [-0.15, -0.1) is 0 Å². The summed E-state index contributed by atoms with van der Waals surface area (Å²) in [6, 6.07) is 7.37. The summed E-state index contributed by atoms with van der Waals surface area (Å²) in [5.41, 5.74) is 1.57. The van der Waals surface area contributed by atoms with Crippen molar-refractivity contribution < 1.29 is 4.79 Å². The first kappa shape index (κ1) is 18.6. The van der Waals surface area contributed by atoms with Crippen LogP contribution in [-0.4, -0.2) is 57.2 Å². The van der Waals surface area contributed by atoms with Gasteiger partial charge in [-0.05, 0) is 51.1 Å². The maximum absolute atomic E-state index is 13.1. The summed E-state index contributed by atoms with van der Waals surface area (Å²) in [4.78, 5) is 23.8. The van der Waals surface area contributed by atoms with Crippen LogP contribution in [0.5, 0.6) is 0 Å². The molecule has 0 bridgehead atoms. The number of fused-ring (bicyclic) bond motifs is 1. The lowest BCUT2D eigenvalue weighted by Gasteiger charge is -2.31. The maximum Gasteiger partial charge on any atom is 0.291 e. The highest BCUT2D eigenvalue weighted by molar-refractivity contribution is 6.31. The zero-order valence-corrected chi connectivity index (χ0v) is 16.5. The molecule has 0 saturated carbocycles. The molecule has 0 aliphatic carbocycles. The van der Waals surface area contributed by atoms with Crippen molar-refractivity contribution in [1.82, 2.24) is 30.4 Å². The molecule has 1 amide bonds. The Hall–Kier alpha value is -2.71. The number of nitrogens with zero attached hydrogens (tertiary/aromatic N) is 4. The van der Waals surface area contributed by atoms with Crippen molar-refractivity contribution in [2.45, 2.75) is 25.8 Å². The first-order valence-electron chi connectivity index (χ1n) is 9.25. The van der Waals surface area contributed by atoms with Gasteiger partial charge in [0.1, 0.15) is 5.82 Å². The number of anilines is 2. The molecule has 28 heavy (non-hydrogen) atoms. The monoisotopic (exact) mass is 399 g/mol. The minimum absolute atomic E-state index is 0.158. The number of aryl methyl sites for hydroxylation is 1. The third-order valence-corrected chi connectivity index (χ3v) is 5.21. The van der Waals surface area contributed by atoms with Crippen molar-refractivity contribution in [3.63, 3.8) is 0 Å². The molecule has 1 aromatic carbocycles. The summed E-state index contributed by atoms with van der Waals surface area (Å²) in [6.45, 7) is 3.73. The average molecular weight is 400 g/mol. The lowest BCUT2D eigenvalue weighted by molar-refractivity contribution is 0.0691. The second-order valence-electron chi connectivity index (χ2n) is 7.02. The number of carbonyl (C=O) groups is 1. The summed E-state index contributed by atoms with van der Waals surface area (Å²) < 4.78 is 0. The summed E-state index contributed by atoms with van der Waals surface area (Å²) in [6.07, 6.45) is 1.84. The van der Waals surface area contributed by atoms with Crippen LogP contribution in [0.2, 0.25) is 5.02 Å². The van der Waals surface area contributed by atoms with Gasteiger partial charge in [0.15, 0.2) is 5.82 Å². The zero-order valence-electron chi connectivity index (χ0n) is 15.8. The zero-order chi connectivity index (χ0) is 19.7. The molecule has 8 nitrogen and oxygen atoms in total. The molecule has 1 fully saturated rings. The normalized spacial score (nSPS) is 15.0. The van der Waals surface area contributed by atoms with Gasteiger partial charge in [0.2, 0.25) is 5.82 Å². The molecule has 0 unspecified atom stereocenters. The van der Waals surface area contributed by atoms with E-state index in [1.54, 1.807) is 23.1 Å². The Kier molecular flexibility index (Phi) is 5.15. The molecule has 0 spiro atoms. The van der Waals surface area contributed by atoms with E-state index in [2.05, 4.69) is 30.8 Å². The third kappa shape index (κ3) is 3.79. The Labute approximate surface area is 167 Å².